The first-order chi connectivity index (χ1) is 10.5. The Hall–Kier alpha value is -2.07. The molecule has 0 saturated carbocycles. The summed E-state index contributed by atoms with van der Waals surface area (Å²) in [5.41, 5.74) is 9.08. The molecule has 0 fully saturated rings. The topological polar surface area (TPSA) is 38.5 Å². The van der Waals surface area contributed by atoms with Gasteiger partial charge in [-0.3, -0.25) is 0 Å². The maximum absolute atomic E-state index is 13.5. The second kappa shape index (κ2) is 7.27. The Labute approximate surface area is 131 Å². The molecule has 22 heavy (non-hydrogen) atoms. The number of ether oxygens (including phenoxy) is 1. The van der Waals surface area contributed by atoms with Crippen molar-refractivity contribution < 1.29 is 9.13 Å². The lowest BCUT2D eigenvalue weighted by Gasteiger charge is -2.20. The summed E-state index contributed by atoms with van der Waals surface area (Å²) < 4.78 is 18.8. The normalized spacial score (nSPS) is 12.0. The summed E-state index contributed by atoms with van der Waals surface area (Å²) in [5.74, 6) is 0.563. The van der Waals surface area contributed by atoms with Crippen LogP contribution in [-0.2, 0) is 6.42 Å². The number of nitrogens with zero attached hydrogens (tertiary/aromatic N) is 1. The van der Waals surface area contributed by atoms with Gasteiger partial charge < -0.3 is 15.4 Å². The number of methoxy groups -OCH3 is 1. The third kappa shape index (κ3) is 3.77. The first-order valence-electron chi connectivity index (χ1n) is 7.35. The standard InChI is InChI=1S/C18H23FN2O/c1-21(2)17-6-4-5-13(11-17)15(12-20)9-14-10-16(19)7-8-18(14)22-3/h4-8,10-11,15H,9,12,20H2,1-3H3. The zero-order valence-corrected chi connectivity index (χ0v) is 13.3. The molecule has 3 nitrogen and oxygen atoms in total. The van der Waals surface area contributed by atoms with Crippen LogP contribution in [0.15, 0.2) is 42.5 Å². The average molecular weight is 302 g/mol. The molecular formula is C18H23FN2O. The van der Waals surface area contributed by atoms with Crippen molar-refractivity contribution in [3.63, 3.8) is 0 Å². The van der Waals surface area contributed by atoms with Gasteiger partial charge in [-0.05, 0) is 54.4 Å². The molecule has 0 radical (unpaired) electrons. The quantitative estimate of drug-likeness (QED) is 0.890. The molecule has 0 heterocycles. The van der Waals surface area contributed by atoms with E-state index >= 15 is 0 Å². The second-order valence-electron chi connectivity index (χ2n) is 5.58. The molecule has 0 aromatic heterocycles. The van der Waals surface area contributed by atoms with Crippen molar-refractivity contribution in [2.24, 2.45) is 5.73 Å². The number of hydrogen-bond acceptors (Lipinski definition) is 3. The molecule has 0 saturated heterocycles. The van der Waals surface area contributed by atoms with Crippen LogP contribution < -0.4 is 15.4 Å². The monoisotopic (exact) mass is 302 g/mol. The largest absolute Gasteiger partial charge is 0.496 e. The van der Waals surface area contributed by atoms with Crippen LogP contribution in [0.3, 0.4) is 0 Å². The van der Waals surface area contributed by atoms with Crippen LogP contribution in [0.1, 0.15) is 17.0 Å². The average Bonchev–Trinajstić information content (AvgIpc) is 2.52. The van der Waals surface area contributed by atoms with Crippen LogP contribution in [0.5, 0.6) is 5.75 Å². The smallest absolute Gasteiger partial charge is 0.123 e. The second-order valence-corrected chi connectivity index (χ2v) is 5.58. The first-order valence-corrected chi connectivity index (χ1v) is 7.35. The van der Waals surface area contributed by atoms with Crippen molar-refractivity contribution in [3.8, 4) is 5.75 Å². The fraction of sp³-hybridized carbons (Fsp3) is 0.333. The highest BCUT2D eigenvalue weighted by Gasteiger charge is 2.15. The Kier molecular flexibility index (Phi) is 5.39. The maximum Gasteiger partial charge on any atom is 0.123 e. The predicted molar refractivity (Wildman–Crippen MR) is 89.2 cm³/mol. The molecule has 1 atom stereocenters. The summed E-state index contributed by atoms with van der Waals surface area (Å²) in [6.45, 7) is 0.497. The third-order valence-electron chi connectivity index (χ3n) is 3.85. The van der Waals surface area contributed by atoms with Gasteiger partial charge in [0, 0.05) is 25.7 Å². The van der Waals surface area contributed by atoms with Crippen LogP contribution in [0, 0.1) is 5.82 Å². The third-order valence-corrected chi connectivity index (χ3v) is 3.85. The zero-order chi connectivity index (χ0) is 16.1. The molecule has 2 rings (SSSR count). The highest BCUT2D eigenvalue weighted by Crippen LogP contribution is 2.28. The molecular weight excluding hydrogens is 279 g/mol. The Bertz CT molecular complexity index is 628. The molecule has 0 spiro atoms. The minimum atomic E-state index is -0.256. The SMILES string of the molecule is COc1ccc(F)cc1CC(CN)c1cccc(N(C)C)c1. The van der Waals surface area contributed by atoms with Gasteiger partial charge in [0.15, 0.2) is 0 Å². The fourth-order valence-electron chi connectivity index (χ4n) is 2.57. The number of benzene rings is 2. The minimum Gasteiger partial charge on any atom is -0.496 e. The molecule has 1 unspecified atom stereocenters. The van der Waals surface area contributed by atoms with E-state index in [1.54, 1.807) is 13.2 Å². The summed E-state index contributed by atoms with van der Waals surface area (Å²) in [6.07, 6.45) is 0.647. The van der Waals surface area contributed by atoms with Crippen molar-refractivity contribution in [3.05, 3.63) is 59.4 Å². The van der Waals surface area contributed by atoms with Gasteiger partial charge in [0.05, 0.1) is 7.11 Å². The van der Waals surface area contributed by atoms with E-state index in [0.29, 0.717) is 18.7 Å². The highest BCUT2D eigenvalue weighted by atomic mass is 19.1. The van der Waals surface area contributed by atoms with E-state index in [4.69, 9.17) is 10.5 Å². The summed E-state index contributed by atoms with van der Waals surface area (Å²) >= 11 is 0. The molecule has 4 heteroatoms. The lowest BCUT2D eigenvalue weighted by Crippen LogP contribution is -2.16. The van der Waals surface area contributed by atoms with Gasteiger partial charge in [0.25, 0.3) is 0 Å². The summed E-state index contributed by atoms with van der Waals surface area (Å²) in [7, 11) is 5.61. The number of anilines is 1. The van der Waals surface area contributed by atoms with Crippen LogP contribution in [0.4, 0.5) is 10.1 Å². The Morgan fingerprint density at radius 2 is 1.95 bits per heavy atom. The summed E-state index contributed by atoms with van der Waals surface area (Å²) in [5, 5.41) is 0. The number of rotatable bonds is 6. The van der Waals surface area contributed by atoms with E-state index in [1.807, 2.05) is 20.2 Å². The van der Waals surface area contributed by atoms with Gasteiger partial charge >= 0.3 is 0 Å². The fourth-order valence-corrected chi connectivity index (χ4v) is 2.57. The predicted octanol–water partition coefficient (Wildman–Crippen LogP) is 3.19. The van der Waals surface area contributed by atoms with Crippen LogP contribution in [0.25, 0.3) is 0 Å². The minimum absolute atomic E-state index is 0.121. The molecule has 2 N–H and O–H groups in total. The number of nitrogens with two attached hydrogens (primary N) is 1. The molecule has 2 aromatic rings. The maximum atomic E-state index is 13.5. The Balaban J connectivity index is 2.29. The van der Waals surface area contributed by atoms with Gasteiger partial charge in [0.1, 0.15) is 11.6 Å². The number of halogens is 1. The lowest BCUT2D eigenvalue weighted by molar-refractivity contribution is 0.406. The Morgan fingerprint density at radius 3 is 2.59 bits per heavy atom. The summed E-state index contributed by atoms with van der Waals surface area (Å²) in [6, 6.07) is 12.9. The van der Waals surface area contributed by atoms with Crippen molar-refractivity contribution in [2.75, 3.05) is 32.6 Å². The van der Waals surface area contributed by atoms with Gasteiger partial charge in [-0.25, -0.2) is 4.39 Å². The zero-order valence-electron chi connectivity index (χ0n) is 13.3. The van der Waals surface area contributed by atoms with Gasteiger partial charge in [0.2, 0.25) is 0 Å². The van der Waals surface area contributed by atoms with E-state index in [-0.39, 0.29) is 11.7 Å². The van der Waals surface area contributed by atoms with Gasteiger partial charge in [-0.1, -0.05) is 12.1 Å². The molecule has 0 bridgehead atoms. The van der Waals surface area contributed by atoms with Crippen LogP contribution in [-0.4, -0.2) is 27.7 Å². The summed E-state index contributed by atoms with van der Waals surface area (Å²) in [4.78, 5) is 2.06. The van der Waals surface area contributed by atoms with Crippen LogP contribution >= 0.6 is 0 Å². The van der Waals surface area contributed by atoms with E-state index in [2.05, 4.69) is 23.1 Å². The van der Waals surface area contributed by atoms with E-state index in [0.717, 1.165) is 16.8 Å². The van der Waals surface area contributed by atoms with Crippen LogP contribution in [0.2, 0.25) is 0 Å². The van der Waals surface area contributed by atoms with E-state index < -0.39 is 0 Å². The molecule has 2 aromatic carbocycles. The molecule has 118 valence electrons. The lowest BCUT2D eigenvalue weighted by atomic mass is 9.91. The first kappa shape index (κ1) is 16.3. The van der Waals surface area contributed by atoms with Crippen molar-refractivity contribution in [2.45, 2.75) is 12.3 Å². The molecule has 0 aliphatic carbocycles. The molecule has 0 aliphatic rings. The molecule has 0 aliphatic heterocycles. The van der Waals surface area contributed by atoms with E-state index in [1.165, 1.54) is 12.1 Å². The molecule has 0 amide bonds. The number of hydrogen-bond donors (Lipinski definition) is 1. The van der Waals surface area contributed by atoms with Gasteiger partial charge in [-0.15, -0.1) is 0 Å². The van der Waals surface area contributed by atoms with Crippen molar-refractivity contribution >= 4 is 5.69 Å². The van der Waals surface area contributed by atoms with Crippen molar-refractivity contribution in [1.82, 2.24) is 0 Å². The van der Waals surface area contributed by atoms with Crippen molar-refractivity contribution in [1.29, 1.82) is 0 Å². The Morgan fingerprint density at radius 1 is 1.18 bits per heavy atom. The highest BCUT2D eigenvalue weighted by molar-refractivity contribution is 5.48. The van der Waals surface area contributed by atoms with E-state index in [9.17, 15) is 4.39 Å². The van der Waals surface area contributed by atoms with Gasteiger partial charge in [-0.2, -0.15) is 0 Å².